The summed E-state index contributed by atoms with van der Waals surface area (Å²) >= 11 is 0. The van der Waals surface area contributed by atoms with E-state index >= 15 is 0 Å². The minimum absolute atomic E-state index is 0.104. The average molecular weight is 769 g/mol. The molecule has 1 heterocycles. The van der Waals surface area contributed by atoms with Gasteiger partial charge in [-0.3, -0.25) is 19.7 Å². The van der Waals surface area contributed by atoms with E-state index in [-0.39, 0.29) is 42.3 Å². The lowest BCUT2D eigenvalue weighted by molar-refractivity contribution is -0.199. The molecule has 16 heteroatoms. The summed E-state index contributed by atoms with van der Waals surface area (Å²) in [5.74, 6) is -1.31. The van der Waals surface area contributed by atoms with Crippen LogP contribution in [0.1, 0.15) is 107 Å². The molecule has 4 fully saturated rings. The molecule has 1 saturated heterocycles. The van der Waals surface area contributed by atoms with E-state index in [1.54, 1.807) is 48.5 Å². The van der Waals surface area contributed by atoms with E-state index in [9.17, 15) is 24.0 Å². The SMILES string of the molecule is CC(=O)N[C@@H](C)C(=O)N[C@@H](Cc1ccccc1)C(=O)N[C@@H](CCCN/C(=N/C(=O)OC(C)(C)C)NC(=O)OC(C)(C)C)B1OC2C[C@@H]3C[C@@H](C3(C)C)[C@]2(C)O1. The monoisotopic (exact) mass is 768 g/mol. The third-order valence-corrected chi connectivity index (χ3v) is 10.6. The Hall–Kier alpha value is -4.18. The maximum absolute atomic E-state index is 14.2. The minimum atomic E-state index is -0.983. The van der Waals surface area contributed by atoms with Gasteiger partial charge in [-0.15, -0.1) is 4.99 Å². The molecule has 2 bridgehead atoms. The molecule has 304 valence electrons. The van der Waals surface area contributed by atoms with Gasteiger partial charge in [0.05, 0.1) is 17.6 Å². The molecule has 3 saturated carbocycles. The molecule has 1 aromatic carbocycles. The lowest BCUT2D eigenvalue weighted by Gasteiger charge is -2.64. The molecule has 1 unspecified atom stereocenters. The first-order chi connectivity index (χ1) is 25.5. The van der Waals surface area contributed by atoms with Gasteiger partial charge < -0.3 is 40.0 Å². The van der Waals surface area contributed by atoms with Crippen molar-refractivity contribution in [2.24, 2.45) is 22.2 Å². The lowest BCUT2D eigenvalue weighted by Crippen LogP contribution is -2.65. The number of nitrogens with one attached hydrogen (secondary N) is 5. The van der Waals surface area contributed by atoms with Crippen molar-refractivity contribution in [3.05, 3.63) is 35.9 Å². The number of hydrogen-bond acceptors (Lipinski definition) is 9. The Kier molecular flexibility index (Phi) is 13.7. The Morgan fingerprint density at radius 2 is 1.58 bits per heavy atom. The van der Waals surface area contributed by atoms with Gasteiger partial charge in [0, 0.05) is 19.9 Å². The number of aliphatic imine (C=N–C) groups is 1. The topological polar surface area (TPSA) is 195 Å². The minimum Gasteiger partial charge on any atom is -0.444 e. The van der Waals surface area contributed by atoms with Crippen LogP contribution in [0.5, 0.6) is 0 Å². The normalized spacial score (nSPS) is 24.5. The summed E-state index contributed by atoms with van der Waals surface area (Å²) in [6.45, 7) is 20.0. The second kappa shape index (κ2) is 17.3. The summed E-state index contributed by atoms with van der Waals surface area (Å²) in [6, 6.07) is 7.48. The van der Waals surface area contributed by atoms with Gasteiger partial charge in [-0.05, 0) is 104 Å². The molecule has 5 amide bonds. The fourth-order valence-corrected chi connectivity index (χ4v) is 7.77. The zero-order valence-corrected chi connectivity index (χ0v) is 34.3. The third-order valence-electron chi connectivity index (χ3n) is 10.6. The number of amides is 5. The second-order valence-electron chi connectivity index (χ2n) is 17.8. The Morgan fingerprint density at radius 3 is 2.18 bits per heavy atom. The number of rotatable bonds is 12. The van der Waals surface area contributed by atoms with Crippen LogP contribution in [-0.4, -0.2) is 90.5 Å². The van der Waals surface area contributed by atoms with E-state index < -0.39 is 65.9 Å². The van der Waals surface area contributed by atoms with Crippen LogP contribution < -0.4 is 26.6 Å². The van der Waals surface area contributed by atoms with Crippen LogP contribution in [0.25, 0.3) is 0 Å². The zero-order chi connectivity index (χ0) is 40.9. The Balaban J connectivity index is 1.54. The standard InChI is InChI=1S/C39H61BN6O9/c1-23(42-24(2)47)31(48)43-27(20-25-16-13-12-14-17-25)32(49)44-30(40-54-29-22-26-21-28(38(26,9)10)39(29,11)55-40)18-15-19-41-33(45-34(50)52-36(3,4)5)46-35(51)53-37(6,7)8/h12-14,16-17,23,26-30H,15,18-22H2,1-11H3,(H,42,47)(H,43,48)(H,44,49)(H2,41,45,46,50,51)/t23-,26-,27-,28-,29?,30-,39-/m0/s1. The number of ether oxygens (including phenoxy) is 2. The molecule has 4 aliphatic rings. The van der Waals surface area contributed by atoms with Crippen LogP contribution in [0, 0.1) is 17.3 Å². The lowest BCUT2D eigenvalue weighted by atomic mass is 9.43. The van der Waals surface area contributed by atoms with Crippen LogP contribution in [0.4, 0.5) is 9.59 Å². The molecule has 5 rings (SSSR count). The highest BCUT2D eigenvalue weighted by Crippen LogP contribution is 2.65. The molecule has 5 N–H and O–H groups in total. The van der Waals surface area contributed by atoms with E-state index in [1.807, 2.05) is 30.3 Å². The van der Waals surface area contributed by atoms with Gasteiger partial charge >= 0.3 is 19.3 Å². The highest BCUT2D eigenvalue weighted by molar-refractivity contribution is 6.48. The molecule has 0 radical (unpaired) electrons. The van der Waals surface area contributed by atoms with Gasteiger partial charge in [-0.25, -0.2) is 9.59 Å². The van der Waals surface area contributed by atoms with Gasteiger partial charge in [0.1, 0.15) is 23.3 Å². The highest BCUT2D eigenvalue weighted by Gasteiger charge is 2.68. The maximum Gasteiger partial charge on any atom is 0.481 e. The number of alkyl carbamates (subject to hydrolysis) is 1. The molecular formula is C39H61BN6O9. The third kappa shape index (κ3) is 11.9. The average Bonchev–Trinajstić information content (AvgIpc) is 3.41. The van der Waals surface area contributed by atoms with E-state index in [0.717, 1.165) is 18.4 Å². The molecule has 1 aliphatic heterocycles. The van der Waals surface area contributed by atoms with Crippen LogP contribution in [-0.2, 0) is 39.6 Å². The summed E-state index contributed by atoms with van der Waals surface area (Å²) in [5.41, 5.74) is -1.21. The van der Waals surface area contributed by atoms with Crippen molar-refractivity contribution in [2.45, 2.75) is 149 Å². The van der Waals surface area contributed by atoms with Crippen molar-refractivity contribution in [3.8, 4) is 0 Å². The van der Waals surface area contributed by atoms with E-state index in [2.05, 4.69) is 52.3 Å². The van der Waals surface area contributed by atoms with Crippen molar-refractivity contribution in [2.75, 3.05) is 6.54 Å². The summed E-state index contributed by atoms with van der Waals surface area (Å²) in [6.07, 6.45) is 1.01. The molecule has 55 heavy (non-hydrogen) atoms. The van der Waals surface area contributed by atoms with Gasteiger partial charge in [-0.1, -0.05) is 44.2 Å². The van der Waals surface area contributed by atoms with Crippen molar-refractivity contribution in [1.29, 1.82) is 0 Å². The second-order valence-corrected chi connectivity index (χ2v) is 17.8. The largest absolute Gasteiger partial charge is 0.481 e. The fourth-order valence-electron chi connectivity index (χ4n) is 7.77. The van der Waals surface area contributed by atoms with Crippen LogP contribution >= 0.6 is 0 Å². The molecule has 15 nitrogen and oxygen atoms in total. The summed E-state index contributed by atoms with van der Waals surface area (Å²) in [5, 5.41) is 14.0. The first kappa shape index (κ1) is 43.6. The number of benzene rings is 1. The van der Waals surface area contributed by atoms with E-state index in [4.69, 9.17) is 18.8 Å². The molecule has 0 aromatic heterocycles. The maximum atomic E-state index is 14.2. The smallest absolute Gasteiger partial charge is 0.444 e. The van der Waals surface area contributed by atoms with E-state index in [1.165, 1.54) is 6.92 Å². The summed E-state index contributed by atoms with van der Waals surface area (Å²) < 4.78 is 24.1. The zero-order valence-electron chi connectivity index (χ0n) is 34.3. The van der Waals surface area contributed by atoms with Crippen LogP contribution in [0.3, 0.4) is 0 Å². The number of hydrogen-bond donors (Lipinski definition) is 5. The van der Waals surface area contributed by atoms with Gasteiger partial charge in [0.15, 0.2) is 0 Å². The number of nitrogens with zero attached hydrogens (tertiary/aromatic N) is 1. The molecule has 3 aliphatic carbocycles. The van der Waals surface area contributed by atoms with Crippen LogP contribution in [0.2, 0.25) is 0 Å². The van der Waals surface area contributed by atoms with Crippen molar-refractivity contribution >= 4 is 43.0 Å². The molecule has 0 spiro atoms. The van der Waals surface area contributed by atoms with Crippen molar-refractivity contribution < 1.29 is 42.8 Å². The Labute approximate surface area is 325 Å². The van der Waals surface area contributed by atoms with Gasteiger partial charge in [0.25, 0.3) is 0 Å². The summed E-state index contributed by atoms with van der Waals surface area (Å²) in [7, 11) is -0.782. The predicted octanol–water partition coefficient (Wildman–Crippen LogP) is 4.18. The first-order valence-corrected chi connectivity index (χ1v) is 19.3. The van der Waals surface area contributed by atoms with Crippen molar-refractivity contribution in [1.82, 2.24) is 26.6 Å². The van der Waals surface area contributed by atoms with Crippen LogP contribution in [0.15, 0.2) is 35.3 Å². The van der Waals surface area contributed by atoms with Gasteiger partial charge in [-0.2, -0.15) is 0 Å². The first-order valence-electron chi connectivity index (χ1n) is 19.3. The molecule has 7 atom stereocenters. The van der Waals surface area contributed by atoms with E-state index in [0.29, 0.717) is 18.8 Å². The summed E-state index contributed by atoms with van der Waals surface area (Å²) in [4.78, 5) is 68.2. The molecule has 1 aromatic rings. The Bertz CT molecular complexity index is 1590. The Morgan fingerprint density at radius 1 is 0.927 bits per heavy atom. The van der Waals surface area contributed by atoms with Gasteiger partial charge in [0.2, 0.25) is 23.7 Å². The quantitative estimate of drug-likeness (QED) is 0.0892. The highest BCUT2D eigenvalue weighted by atomic mass is 16.7. The number of carbonyl (C=O) groups excluding carboxylic acids is 5. The molecular weight excluding hydrogens is 707 g/mol. The number of guanidine groups is 1. The van der Waals surface area contributed by atoms with Crippen molar-refractivity contribution in [3.63, 3.8) is 0 Å². The predicted molar refractivity (Wildman–Crippen MR) is 208 cm³/mol. The fraction of sp³-hybridized carbons (Fsp3) is 0.692. The number of carbonyl (C=O) groups is 5.